The van der Waals surface area contributed by atoms with Crippen molar-refractivity contribution < 1.29 is 0 Å². The molecule has 1 atom stereocenters. The van der Waals surface area contributed by atoms with Gasteiger partial charge in [0.2, 0.25) is 0 Å². The second-order valence-corrected chi connectivity index (χ2v) is 8.97. The van der Waals surface area contributed by atoms with Crippen LogP contribution in [0.15, 0.2) is 54.1 Å². The van der Waals surface area contributed by atoms with Crippen molar-refractivity contribution in [1.29, 1.82) is 0 Å². The lowest BCUT2D eigenvalue weighted by Gasteiger charge is -2.42. The van der Waals surface area contributed by atoms with E-state index < -0.39 is 5.54 Å². The third-order valence-corrected chi connectivity index (χ3v) is 6.95. The lowest BCUT2D eigenvalue weighted by Crippen LogP contribution is -2.42. The molecule has 0 unspecified atom stereocenters. The van der Waals surface area contributed by atoms with Gasteiger partial charge in [0, 0.05) is 0 Å². The number of anilines is 2. The van der Waals surface area contributed by atoms with Crippen molar-refractivity contribution in [3.05, 3.63) is 86.9 Å². The van der Waals surface area contributed by atoms with Gasteiger partial charge >= 0.3 is 0 Å². The molecule has 150 valence electrons. The van der Waals surface area contributed by atoms with Crippen molar-refractivity contribution in [2.75, 3.05) is 10.6 Å². The van der Waals surface area contributed by atoms with Gasteiger partial charge in [0.1, 0.15) is 15.8 Å². The summed E-state index contributed by atoms with van der Waals surface area (Å²) >= 11 is 12.7. The number of fused-ring (bicyclic) bond motifs is 6. The van der Waals surface area contributed by atoms with Crippen LogP contribution in [0.3, 0.4) is 0 Å². The molecule has 2 aromatic heterocycles. The van der Waals surface area contributed by atoms with E-state index in [0.717, 1.165) is 60.6 Å². The summed E-state index contributed by atoms with van der Waals surface area (Å²) in [5, 5.41) is 8.64. The third-order valence-electron chi connectivity index (χ3n) is 6.52. The highest BCUT2D eigenvalue weighted by molar-refractivity contribution is 6.29. The summed E-state index contributed by atoms with van der Waals surface area (Å²) in [7, 11) is 0. The van der Waals surface area contributed by atoms with Crippen LogP contribution in [0.2, 0.25) is 10.3 Å². The highest BCUT2D eigenvalue weighted by Crippen LogP contribution is 2.51. The molecule has 1 aliphatic heterocycles. The Morgan fingerprint density at radius 3 is 2.43 bits per heavy atom. The maximum Gasteiger partial charge on any atom is 0.129 e. The molecule has 6 heteroatoms. The molecule has 3 aromatic rings. The molecule has 2 N–H and O–H groups in total. The molecule has 0 bridgehead atoms. The predicted molar refractivity (Wildman–Crippen MR) is 122 cm³/mol. The number of pyridine rings is 2. The van der Waals surface area contributed by atoms with E-state index in [0.29, 0.717) is 10.3 Å². The maximum absolute atomic E-state index is 6.40. The zero-order valence-electron chi connectivity index (χ0n) is 16.3. The van der Waals surface area contributed by atoms with Crippen molar-refractivity contribution in [2.24, 2.45) is 0 Å². The first-order valence-electron chi connectivity index (χ1n) is 10.3. The molecule has 6 rings (SSSR count). The first-order valence-corrected chi connectivity index (χ1v) is 11.1. The molecule has 0 fully saturated rings. The Bertz CT molecular complexity index is 1220. The molecular formula is C24H20Cl2N4. The van der Waals surface area contributed by atoms with Crippen molar-refractivity contribution >= 4 is 40.3 Å². The van der Waals surface area contributed by atoms with Crippen LogP contribution < -0.4 is 10.6 Å². The quantitative estimate of drug-likeness (QED) is 0.412. The molecule has 30 heavy (non-hydrogen) atoms. The number of hydrogen-bond donors (Lipinski definition) is 2. The van der Waals surface area contributed by atoms with Crippen LogP contribution in [-0.4, -0.2) is 9.97 Å². The van der Waals surface area contributed by atoms with Gasteiger partial charge < -0.3 is 10.6 Å². The van der Waals surface area contributed by atoms with Gasteiger partial charge in [-0.05, 0) is 73.1 Å². The number of nitrogens with zero attached hydrogens (tertiary/aromatic N) is 2. The summed E-state index contributed by atoms with van der Waals surface area (Å²) in [6, 6.07) is 16.3. The monoisotopic (exact) mass is 434 g/mol. The number of benzene rings is 1. The second kappa shape index (κ2) is 6.73. The van der Waals surface area contributed by atoms with E-state index in [9.17, 15) is 0 Å². The fraction of sp³-hybridized carbons (Fsp3) is 0.250. The molecule has 4 nitrogen and oxygen atoms in total. The third kappa shape index (κ3) is 2.67. The standard InChI is InChI=1S/C24H20Cl2N4/c25-19-11-8-14-7-10-16-22(21(14)28-19)27-17-5-1-2-6-18(17)30-24(16)13-3-4-15-9-12-20(26)29-23(15)24/h1-2,5-6,8-9,11-12,27,30H,3-4,7,10,13H2/t24-/m0/s1. The first kappa shape index (κ1) is 18.2. The average molecular weight is 435 g/mol. The fourth-order valence-corrected chi connectivity index (χ4v) is 5.52. The van der Waals surface area contributed by atoms with Gasteiger partial charge in [-0.1, -0.05) is 47.5 Å². The molecule has 1 aromatic carbocycles. The molecule has 3 aliphatic rings. The Hall–Kier alpha value is -2.56. The highest BCUT2D eigenvalue weighted by atomic mass is 35.5. The lowest BCUT2D eigenvalue weighted by atomic mass is 9.71. The van der Waals surface area contributed by atoms with E-state index in [-0.39, 0.29) is 0 Å². The summed E-state index contributed by atoms with van der Waals surface area (Å²) in [6.45, 7) is 0. The molecule has 3 heterocycles. The number of hydrogen-bond acceptors (Lipinski definition) is 4. The molecule has 1 spiro atoms. The zero-order valence-corrected chi connectivity index (χ0v) is 17.8. The predicted octanol–water partition coefficient (Wildman–Crippen LogP) is 6.21. The fourth-order valence-electron chi connectivity index (χ4n) is 5.23. The van der Waals surface area contributed by atoms with E-state index in [4.69, 9.17) is 33.2 Å². The number of rotatable bonds is 0. The Kier molecular flexibility index (Phi) is 4.09. The minimum Gasteiger partial charge on any atom is -0.369 e. The van der Waals surface area contributed by atoms with E-state index in [1.165, 1.54) is 16.7 Å². The van der Waals surface area contributed by atoms with Gasteiger partial charge in [0.15, 0.2) is 0 Å². The number of aryl methyl sites for hydroxylation is 2. The minimum atomic E-state index is -0.422. The summed E-state index contributed by atoms with van der Waals surface area (Å²) < 4.78 is 0. The number of nitrogens with one attached hydrogen (secondary N) is 2. The molecule has 2 aliphatic carbocycles. The first-order chi connectivity index (χ1) is 14.6. The van der Waals surface area contributed by atoms with Gasteiger partial charge in [-0.3, -0.25) is 0 Å². The van der Waals surface area contributed by atoms with Crippen LogP contribution in [0.25, 0.3) is 5.70 Å². The van der Waals surface area contributed by atoms with Gasteiger partial charge in [0.25, 0.3) is 0 Å². The van der Waals surface area contributed by atoms with Crippen LogP contribution in [0, 0.1) is 0 Å². The molecule has 0 saturated carbocycles. The van der Waals surface area contributed by atoms with Crippen molar-refractivity contribution in [3.63, 3.8) is 0 Å². The van der Waals surface area contributed by atoms with Gasteiger partial charge in [-0.2, -0.15) is 0 Å². The Morgan fingerprint density at radius 1 is 0.800 bits per heavy atom. The SMILES string of the molecule is Clc1ccc2c(n1)C1=C(CC2)[C@]2(CCCc3ccc(Cl)nc32)Nc2ccccc2N1. The summed E-state index contributed by atoms with van der Waals surface area (Å²) in [4.78, 5) is 9.60. The second-order valence-electron chi connectivity index (χ2n) is 8.19. The highest BCUT2D eigenvalue weighted by Gasteiger charge is 2.46. The number of halogens is 2. The topological polar surface area (TPSA) is 49.8 Å². The van der Waals surface area contributed by atoms with Crippen LogP contribution in [0.1, 0.15) is 41.8 Å². The summed E-state index contributed by atoms with van der Waals surface area (Å²) in [6.07, 6.45) is 4.90. The normalized spacial score (nSPS) is 21.5. The van der Waals surface area contributed by atoms with Crippen LogP contribution >= 0.6 is 23.2 Å². The Labute approximate surface area is 185 Å². The minimum absolute atomic E-state index is 0.422. The Balaban J connectivity index is 1.68. The molecule has 0 radical (unpaired) electrons. The van der Waals surface area contributed by atoms with Gasteiger partial charge in [-0.25, -0.2) is 9.97 Å². The number of aromatic nitrogens is 2. The van der Waals surface area contributed by atoms with Crippen molar-refractivity contribution in [1.82, 2.24) is 9.97 Å². The van der Waals surface area contributed by atoms with E-state index in [1.807, 2.05) is 18.2 Å². The van der Waals surface area contributed by atoms with Crippen molar-refractivity contribution in [2.45, 2.75) is 37.6 Å². The lowest BCUT2D eigenvalue weighted by molar-refractivity contribution is 0.443. The Morgan fingerprint density at radius 2 is 1.57 bits per heavy atom. The van der Waals surface area contributed by atoms with Crippen molar-refractivity contribution in [3.8, 4) is 0 Å². The molecule has 0 amide bonds. The smallest absolute Gasteiger partial charge is 0.129 e. The number of para-hydroxylation sites is 2. The van der Waals surface area contributed by atoms with E-state index >= 15 is 0 Å². The zero-order chi connectivity index (χ0) is 20.3. The van der Waals surface area contributed by atoms with E-state index in [2.05, 4.69) is 41.0 Å². The van der Waals surface area contributed by atoms with Crippen LogP contribution in [0.4, 0.5) is 11.4 Å². The van der Waals surface area contributed by atoms with Crippen LogP contribution in [0.5, 0.6) is 0 Å². The van der Waals surface area contributed by atoms with Gasteiger partial charge in [-0.15, -0.1) is 0 Å². The van der Waals surface area contributed by atoms with E-state index in [1.54, 1.807) is 0 Å². The summed E-state index contributed by atoms with van der Waals surface area (Å²) in [5.41, 5.74) is 8.46. The largest absolute Gasteiger partial charge is 0.369 e. The average Bonchev–Trinajstić information content (AvgIpc) is 2.89. The molecule has 0 saturated heterocycles. The molecular weight excluding hydrogens is 415 g/mol. The van der Waals surface area contributed by atoms with Crippen LogP contribution in [-0.2, 0) is 18.4 Å². The van der Waals surface area contributed by atoms with Gasteiger partial charge in [0.05, 0.1) is 28.5 Å². The summed E-state index contributed by atoms with van der Waals surface area (Å²) in [5.74, 6) is 0. The maximum atomic E-state index is 6.40.